The summed E-state index contributed by atoms with van der Waals surface area (Å²) in [4.78, 5) is 16.1. The fourth-order valence-corrected chi connectivity index (χ4v) is 1.62. The van der Waals surface area contributed by atoms with Crippen LogP contribution >= 0.6 is 0 Å². The van der Waals surface area contributed by atoms with Gasteiger partial charge in [-0.25, -0.2) is 0 Å². The van der Waals surface area contributed by atoms with Crippen molar-refractivity contribution in [3.63, 3.8) is 0 Å². The van der Waals surface area contributed by atoms with Crippen LogP contribution in [-0.4, -0.2) is 17.4 Å². The zero-order valence-corrected chi connectivity index (χ0v) is 9.73. The molecule has 0 saturated carbocycles. The van der Waals surface area contributed by atoms with Crippen LogP contribution in [0.4, 0.5) is 0 Å². The van der Waals surface area contributed by atoms with Crippen molar-refractivity contribution in [2.75, 3.05) is 6.54 Å². The number of rotatable bonds is 3. The molecule has 0 atom stereocenters. The third kappa shape index (κ3) is 2.50. The predicted octanol–water partition coefficient (Wildman–Crippen LogP) is 2.54. The van der Waals surface area contributed by atoms with E-state index in [0.29, 0.717) is 12.2 Å². The fourth-order valence-electron chi connectivity index (χ4n) is 1.62. The highest BCUT2D eigenvalue weighted by Gasteiger charge is 2.10. The van der Waals surface area contributed by atoms with Gasteiger partial charge in [0.1, 0.15) is 5.69 Å². The van der Waals surface area contributed by atoms with Gasteiger partial charge in [0.25, 0.3) is 5.91 Å². The largest absolute Gasteiger partial charge is 0.347 e. The lowest BCUT2D eigenvalue weighted by Crippen LogP contribution is -2.25. The number of amides is 1. The van der Waals surface area contributed by atoms with E-state index in [9.17, 15) is 4.79 Å². The molecule has 0 aliphatic rings. The van der Waals surface area contributed by atoms with Gasteiger partial charge in [0.2, 0.25) is 0 Å². The maximum absolute atomic E-state index is 11.9. The first kappa shape index (κ1) is 11.3. The molecule has 3 heteroatoms. The lowest BCUT2D eigenvalue weighted by molar-refractivity contribution is 0.0954. The highest BCUT2D eigenvalue weighted by atomic mass is 16.1. The monoisotopic (exact) mass is 226 g/mol. The number of aromatic nitrogens is 1. The average molecular weight is 226 g/mol. The molecular weight excluding hydrogens is 212 g/mol. The Labute approximate surface area is 100 Å². The Hall–Kier alpha value is -2.16. The number of hydrogen-bond acceptors (Lipinski definition) is 2. The molecule has 2 aromatic rings. The average Bonchev–Trinajstić information content (AvgIpc) is 2.35. The number of nitrogens with one attached hydrogen (secondary N) is 1. The molecule has 0 unspecified atom stereocenters. The highest BCUT2D eigenvalue weighted by molar-refractivity contribution is 6.05. The molecule has 1 amide bonds. The Morgan fingerprint density at radius 3 is 2.88 bits per heavy atom. The van der Waals surface area contributed by atoms with Gasteiger partial charge in [-0.05, 0) is 18.4 Å². The van der Waals surface area contributed by atoms with E-state index in [1.165, 1.54) is 0 Å². The summed E-state index contributed by atoms with van der Waals surface area (Å²) in [6.07, 6.45) is 1.65. The molecule has 1 heterocycles. The molecule has 3 nitrogen and oxygen atoms in total. The summed E-state index contributed by atoms with van der Waals surface area (Å²) in [5.41, 5.74) is 1.38. The van der Waals surface area contributed by atoms with E-state index in [1.54, 1.807) is 6.20 Å². The molecule has 17 heavy (non-hydrogen) atoms. The van der Waals surface area contributed by atoms with Crippen molar-refractivity contribution in [1.29, 1.82) is 0 Å². The number of pyridine rings is 1. The fraction of sp³-hybridized carbons (Fsp3) is 0.143. The molecule has 1 aromatic heterocycles. The summed E-state index contributed by atoms with van der Waals surface area (Å²) >= 11 is 0. The van der Waals surface area contributed by atoms with Gasteiger partial charge in [0.05, 0.1) is 0 Å². The van der Waals surface area contributed by atoms with E-state index in [2.05, 4.69) is 16.9 Å². The van der Waals surface area contributed by atoms with Crippen LogP contribution < -0.4 is 5.32 Å². The van der Waals surface area contributed by atoms with Crippen LogP contribution in [-0.2, 0) is 0 Å². The third-order valence-corrected chi connectivity index (χ3v) is 2.44. The van der Waals surface area contributed by atoms with Gasteiger partial charge in [0.15, 0.2) is 0 Å². The third-order valence-electron chi connectivity index (χ3n) is 2.44. The number of benzene rings is 1. The Morgan fingerprint density at radius 1 is 1.35 bits per heavy atom. The number of carbonyl (C=O) groups excluding carboxylic acids is 1. The normalized spacial score (nSPS) is 10.2. The number of fused-ring (bicyclic) bond motifs is 1. The van der Waals surface area contributed by atoms with Gasteiger partial charge in [-0.3, -0.25) is 9.78 Å². The van der Waals surface area contributed by atoms with E-state index in [4.69, 9.17) is 0 Å². The van der Waals surface area contributed by atoms with Crippen molar-refractivity contribution in [1.82, 2.24) is 10.3 Å². The minimum atomic E-state index is -0.162. The lowest BCUT2D eigenvalue weighted by atomic mass is 10.1. The Morgan fingerprint density at radius 2 is 2.12 bits per heavy atom. The molecule has 0 fully saturated rings. The molecule has 1 N–H and O–H groups in total. The van der Waals surface area contributed by atoms with Crippen LogP contribution in [0.15, 0.2) is 48.7 Å². The molecule has 0 spiro atoms. The van der Waals surface area contributed by atoms with Crippen LogP contribution in [0.2, 0.25) is 0 Å². The summed E-state index contributed by atoms with van der Waals surface area (Å²) in [6, 6.07) is 9.60. The number of hydrogen-bond donors (Lipinski definition) is 1. The van der Waals surface area contributed by atoms with E-state index >= 15 is 0 Å². The van der Waals surface area contributed by atoms with Gasteiger partial charge in [-0.2, -0.15) is 0 Å². The van der Waals surface area contributed by atoms with Crippen LogP contribution in [0, 0.1) is 0 Å². The quantitative estimate of drug-likeness (QED) is 0.817. The van der Waals surface area contributed by atoms with Crippen molar-refractivity contribution in [2.24, 2.45) is 0 Å². The van der Waals surface area contributed by atoms with Crippen molar-refractivity contribution >= 4 is 16.7 Å². The van der Waals surface area contributed by atoms with Gasteiger partial charge >= 0.3 is 0 Å². The molecular formula is C14H14N2O. The highest BCUT2D eigenvalue weighted by Crippen LogP contribution is 2.15. The van der Waals surface area contributed by atoms with Gasteiger partial charge < -0.3 is 5.32 Å². The first-order valence-electron chi connectivity index (χ1n) is 5.45. The van der Waals surface area contributed by atoms with E-state index < -0.39 is 0 Å². The van der Waals surface area contributed by atoms with Crippen LogP contribution in [0.1, 0.15) is 17.4 Å². The van der Waals surface area contributed by atoms with Gasteiger partial charge in [0, 0.05) is 18.1 Å². The summed E-state index contributed by atoms with van der Waals surface area (Å²) in [6.45, 7) is 6.10. The van der Waals surface area contributed by atoms with Crippen molar-refractivity contribution in [3.05, 3.63) is 54.4 Å². The summed E-state index contributed by atoms with van der Waals surface area (Å²) in [5, 5.41) is 4.68. The molecule has 1 aromatic carbocycles. The van der Waals surface area contributed by atoms with Crippen molar-refractivity contribution in [2.45, 2.75) is 6.92 Å². The smallest absolute Gasteiger partial charge is 0.270 e. The summed E-state index contributed by atoms with van der Waals surface area (Å²) < 4.78 is 0. The SMILES string of the molecule is C=C(C)CNC(=O)c1nccc2ccccc12. The second kappa shape index (κ2) is 4.78. The van der Waals surface area contributed by atoms with Gasteiger partial charge in [-0.1, -0.05) is 36.4 Å². The van der Waals surface area contributed by atoms with Crippen molar-refractivity contribution < 1.29 is 4.79 Å². The Kier molecular flexibility index (Phi) is 3.19. The minimum absolute atomic E-state index is 0.162. The topological polar surface area (TPSA) is 42.0 Å². The molecule has 0 saturated heterocycles. The predicted molar refractivity (Wildman–Crippen MR) is 68.9 cm³/mol. The molecule has 0 aliphatic carbocycles. The molecule has 0 radical (unpaired) electrons. The van der Waals surface area contributed by atoms with E-state index in [-0.39, 0.29) is 5.91 Å². The summed E-state index contributed by atoms with van der Waals surface area (Å²) in [7, 11) is 0. The minimum Gasteiger partial charge on any atom is -0.347 e. The standard InChI is InChI=1S/C14H14N2O/c1-10(2)9-16-14(17)13-12-6-4-3-5-11(12)7-8-15-13/h3-8H,1,9H2,2H3,(H,16,17). The van der Waals surface area contributed by atoms with Crippen LogP contribution in [0.5, 0.6) is 0 Å². The zero-order valence-electron chi connectivity index (χ0n) is 9.73. The lowest BCUT2D eigenvalue weighted by Gasteiger charge is -2.06. The summed E-state index contributed by atoms with van der Waals surface area (Å²) in [5.74, 6) is -0.162. The Bertz CT molecular complexity index is 570. The second-order valence-corrected chi connectivity index (χ2v) is 4.02. The maximum atomic E-state index is 11.9. The van der Waals surface area contributed by atoms with E-state index in [1.807, 2.05) is 37.3 Å². The number of nitrogens with zero attached hydrogens (tertiary/aromatic N) is 1. The van der Waals surface area contributed by atoms with Crippen LogP contribution in [0.3, 0.4) is 0 Å². The second-order valence-electron chi connectivity index (χ2n) is 4.02. The molecule has 0 bridgehead atoms. The van der Waals surface area contributed by atoms with Gasteiger partial charge in [-0.15, -0.1) is 0 Å². The molecule has 0 aliphatic heterocycles. The van der Waals surface area contributed by atoms with Crippen molar-refractivity contribution in [3.8, 4) is 0 Å². The Balaban J connectivity index is 2.35. The van der Waals surface area contributed by atoms with E-state index in [0.717, 1.165) is 16.3 Å². The van der Waals surface area contributed by atoms with Crippen LogP contribution in [0.25, 0.3) is 10.8 Å². The first-order chi connectivity index (χ1) is 8.18. The first-order valence-corrected chi connectivity index (χ1v) is 5.45. The molecule has 86 valence electrons. The zero-order chi connectivity index (χ0) is 12.3. The maximum Gasteiger partial charge on any atom is 0.270 e. The number of carbonyl (C=O) groups is 1. The molecule has 2 rings (SSSR count).